The van der Waals surface area contributed by atoms with Crippen LogP contribution < -0.4 is 20.1 Å². The van der Waals surface area contributed by atoms with Crippen molar-refractivity contribution < 1.29 is 19.1 Å². The van der Waals surface area contributed by atoms with Crippen LogP contribution in [0.3, 0.4) is 0 Å². The van der Waals surface area contributed by atoms with E-state index >= 15 is 0 Å². The predicted octanol–water partition coefficient (Wildman–Crippen LogP) is 3.90. The van der Waals surface area contributed by atoms with Crippen molar-refractivity contribution in [3.05, 3.63) is 59.2 Å². The van der Waals surface area contributed by atoms with Gasteiger partial charge in [-0.2, -0.15) is 0 Å². The highest BCUT2D eigenvalue weighted by Gasteiger charge is 2.14. The maximum atomic E-state index is 12.6. The van der Waals surface area contributed by atoms with Gasteiger partial charge in [-0.25, -0.2) is 0 Å². The Morgan fingerprint density at radius 3 is 2.30 bits per heavy atom. The topological polar surface area (TPSA) is 76.7 Å². The van der Waals surface area contributed by atoms with E-state index in [1.54, 1.807) is 19.2 Å². The second-order valence-electron chi connectivity index (χ2n) is 7.74. The maximum absolute atomic E-state index is 12.6. The van der Waals surface area contributed by atoms with E-state index in [4.69, 9.17) is 9.47 Å². The van der Waals surface area contributed by atoms with Gasteiger partial charge >= 0.3 is 0 Å². The van der Waals surface area contributed by atoms with Gasteiger partial charge in [0, 0.05) is 19.0 Å². The number of benzene rings is 2. The normalized spacial score (nSPS) is 11.7. The zero-order valence-corrected chi connectivity index (χ0v) is 18.5. The molecule has 0 aliphatic rings. The Morgan fingerprint density at radius 2 is 1.70 bits per heavy atom. The third-order valence-corrected chi connectivity index (χ3v) is 4.61. The highest BCUT2D eigenvalue weighted by atomic mass is 16.5. The van der Waals surface area contributed by atoms with Crippen LogP contribution in [-0.4, -0.2) is 32.1 Å². The summed E-state index contributed by atoms with van der Waals surface area (Å²) in [6.45, 7) is 8.81. The van der Waals surface area contributed by atoms with Crippen molar-refractivity contribution in [3.8, 4) is 11.5 Å². The molecule has 2 N–H and O–H groups in total. The van der Waals surface area contributed by atoms with Gasteiger partial charge in [0.15, 0.2) is 11.5 Å². The van der Waals surface area contributed by atoms with Crippen LogP contribution in [0.5, 0.6) is 11.5 Å². The number of carbonyl (C=O) groups is 2. The average Bonchev–Trinajstić information content (AvgIpc) is 2.72. The highest BCUT2D eigenvalue weighted by Crippen LogP contribution is 2.30. The predicted molar refractivity (Wildman–Crippen MR) is 118 cm³/mol. The quantitative estimate of drug-likeness (QED) is 0.621. The Kier molecular flexibility index (Phi) is 8.71. The van der Waals surface area contributed by atoms with E-state index in [-0.39, 0.29) is 17.9 Å². The third-order valence-electron chi connectivity index (χ3n) is 4.61. The van der Waals surface area contributed by atoms with Gasteiger partial charge in [0.25, 0.3) is 5.91 Å². The van der Waals surface area contributed by atoms with Gasteiger partial charge in [-0.15, -0.1) is 0 Å². The van der Waals surface area contributed by atoms with Crippen LogP contribution >= 0.6 is 0 Å². The first kappa shape index (κ1) is 23.3. The first-order chi connectivity index (χ1) is 14.3. The Labute approximate surface area is 179 Å². The lowest BCUT2D eigenvalue weighted by Gasteiger charge is -2.18. The van der Waals surface area contributed by atoms with Crippen LogP contribution in [0, 0.1) is 5.92 Å². The van der Waals surface area contributed by atoms with Crippen molar-refractivity contribution in [2.75, 3.05) is 20.3 Å². The van der Waals surface area contributed by atoms with E-state index in [1.807, 2.05) is 37.3 Å². The van der Waals surface area contributed by atoms with Crippen molar-refractivity contribution in [3.63, 3.8) is 0 Å². The molecular formula is C24H32N2O4. The summed E-state index contributed by atoms with van der Waals surface area (Å²) >= 11 is 0. The summed E-state index contributed by atoms with van der Waals surface area (Å²) in [5.74, 6) is 1.58. The van der Waals surface area contributed by atoms with Crippen LogP contribution in [-0.2, 0) is 11.2 Å². The van der Waals surface area contributed by atoms with Crippen LogP contribution in [0.4, 0.5) is 0 Å². The van der Waals surface area contributed by atoms with Gasteiger partial charge in [0.1, 0.15) is 0 Å². The number of rotatable bonds is 10. The minimum Gasteiger partial charge on any atom is -0.493 e. The second-order valence-corrected chi connectivity index (χ2v) is 7.74. The summed E-state index contributed by atoms with van der Waals surface area (Å²) < 4.78 is 11.2. The largest absolute Gasteiger partial charge is 0.493 e. The number of hydrogen-bond donors (Lipinski definition) is 2. The molecule has 2 amide bonds. The van der Waals surface area contributed by atoms with Gasteiger partial charge in [-0.3, -0.25) is 9.59 Å². The van der Waals surface area contributed by atoms with Crippen molar-refractivity contribution >= 4 is 11.8 Å². The fraction of sp³-hybridized carbons (Fsp3) is 0.417. The Hall–Kier alpha value is -3.02. The summed E-state index contributed by atoms with van der Waals surface area (Å²) in [6, 6.07) is 12.9. The van der Waals surface area contributed by atoms with Crippen molar-refractivity contribution in [2.45, 2.75) is 40.2 Å². The molecule has 0 aromatic heterocycles. The fourth-order valence-corrected chi connectivity index (χ4v) is 2.90. The SMILES string of the molecule is COc1cc(C(C)NC(=O)c2ccc(CCNC(C)=O)cc2)ccc1OCC(C)C. The molecule has 0 bridgehead atoms. The van der Waals surface area contributed by atoms with E-state index in [0.717, 1.165) is 17.5 Å². The number of ether oxygens (including phenoxy) is 2. The molecule has 0 radical (unpaired) electrons. The summed E-state index contributed by atoms with van der Waals surface area (Å²) in [5, 5.41) is 5.78. The van der Waals surface area contributed by atoms with Crippen LogP contribution in [0.25, 0.3) is 0 Å². The zero-order valence-electron chi connectivity index (χ0n) is 18.5. The molecule has 2 aromatic rings. The molecule has 0 saturated heterocycles. The molecule has 30 heavy (non-hydrogen) atoms. The first-order valence-electron chi connectivity index (χ1n) is 10.2. The molecule has 1 unspecified atom stereocenters. The molecule has 1 atom stereocenters. The Balaban J connectivity index is 1.98. The second kappa shape index (κ2) is 11.2. The van der Waals surface area contributed by atoms with E-state index in [2.05, 4.69) is 24.5 Å². The van der Waals surface area contributed by atoms with Gasteiger partial charge in [-0.1, -0.05) is 32.0 Å². The van der Waals surface area contributed by atoms with Crippen LogP contribution in [0.1, 0.15) is 55.2 Å². The Bertz CT molecular complexity index is 847. The van der Waals surface area contributed by atoms with Crippen LogP contribution in [0.2, 0.25) is 0 Å². The summed E-state index contributed by atoms with van der Waals surface area (Å²) in [4.78, 5) is 23.6. The molecule has 6 nitrogen and oxygen atoms in total. The molecule has 0 aliphatic heterocycles. The molecule has 162 valence electrons. The number of carbonyl (C=O) groups excluding carboxylic acids is 2. The smallest absolute Gasteiger partial charge is 0.251 e. The lowest BCUT2D eigenvalue weighted by atomic mass is 10.1. The molecule has 0 aliphatic carbocycles. The van der Waals surface area contributed by atoms with Crippen LogP contribution in [0.15, 0.2) is 42.5 Å². The molecular weight excluding hydrogens is 380 g/mol. The average molecular weight is 413 g/mol. The standard InChI is InChI=1S/C24H32N2O4/c1-16(2)15-30-22-11-10-21(14-23(22)29-5)17(3)26-24(28)20-8-6-19(7-9-20)12-13-25-18(4)27/h6-11,14,16-17H,12-13,15H2,1-5H3,(H,25,27)(H,26,28). The van der Waals surface area contributed by atoms with E-state index in [0.29, 0.717) is 36.1 Å². The number of amides is 2. The van der Waals surface area contributed by atoms with Gasteiger partial charge < -0.3 is 20.1 Å². The van der Waals surface area contributed by atoms with E-state index in [9.17, 15) is 9.59 Å². The number of methoxy groups -OCH3 is 1. The number of hydrogen-bond acceptors (Lipinski definition) is 4. The zero-order chi connectivity index (χ0) is 22.1. The highest BCUT2D eigenvalue weighted by molar-refractivity contribution is 5.94. The summed E-state index contributed by atoms with van der Waals surface area (Å²) in [7, 11) is 1.61. The molecule has 2 rings (SSSR count). The molecule has 2 aromatic carbocycles. The van der Waals surface area contributed by atoms with Crippen molar-refractivity contribution in [1.29, 1.82) is 0 Å². The summed E-state index contributed by atoms with van der Waals surface area (Å²) in [6.07, 6.45) is 0.725. The lowest BCUT2D eigenvalue weighted by Crippen LogP contribution is -2.26. The summed E-state index contributed by atoms with van der Waals surface area (Å²) in [5.41, 5.74) is 2.59. The molecule has 0 spiro atoms. The van der Waals surface area contributed by atoms with Gasteiger partial charge in [0.05, 0.1) is 19.8 Å². The van der Waals surface area contributed by atoms with E-state index in [1.165, 1.54) is 6.92 Å². The third kappa shape index (κ3) is 7.10. The fourth-order valence-electron chi connectivity index (χ4n) is 2.90. The molecule has 0 saturated carbocycles. The minimum absolute atomic E-state index is 0.0452. The lowest BCUT2D eigenvalue weighted by molar-refractivity contribution is -0.118. The molecule has 6 heteroatoms. The van der Waals surface area contributed by atoms with Crippen molar-refractivity contribution in [1.82, 2.24) is 10.6 Å². The maximum Gasteiger partial charge on any atom is 0.251 e. The molecule has 0 heterocycles. The van der Waals surface area contributed by atoms with Gasteiger partial charge in [-0.05, 0) is 54.7 Å². The van der Waals surface area contributed by atoms with Crippen molar-refractivity contribution in [2.24, 2.45) is 5.92 Å². The first-order valence-corrected chi connectivity index (χ1v) is 10.2. The Morgan fingerprint density at radius 1 is 1.00 bits per heavy atom. The molecule has 0 fully saturated rings. The monoisotopic (exact) mass is 412 g/mol. The minimum atomic E-state index is -0.190. The van der Waals surface area contributed by atoms with Gasteiger partial charge in [0.2, 0.25) is 5.91 Å². The van der Waals surface area contributed by atoms with E-state index < -0.39 is 0 Å². The number of nitrogens with one attached hydrogen (secondary N) is 2.